The van der Waals surface area contributed by atoms with Gasteiger partial charge in [-0.1, -0.05) is 12.8 Å². The lowest BCUT2D eigenvalue weighted by molar-refractivity contribution is -0.150. The van der Waals surface area contributed by atoms with E-state index in [-0.39, 0.29) is 11.8 Å². The fourth-order valence-electron chi connectivity index (χ4n) is 2.83. The largest absolute Gasteiger partial charge is 0.497 e. The van der Waals surface area contributed by atoms with E-state index in [1.807, 2.05) is 0 Å². The van der Waals surface area contributed by atoms with Crippen LogP contribution in [0, 0.1) is 11.8 Å². The zero-order valence-electron chi connectivity index (χ0n) is 12.4. The molecule has 1 amide bonds. The normalized spacial score (nSPS) is 16.3. The predicted octanol–water partition coefficient (Wildman–Crippen LogP) is 2.61. The van der Waals surface area contributed by atoms with Crippen LogP contribution in [0.15, 0.2) is 24.3 Å². The van der Waals surface area contributed by atoms with Gasteiger partial charge in [-0.05, 0) is 43.0 Å². The number of carbonyl (C=O) groups is 2. The number of hydrogen-bond acceptors (Lipinski definition) is 4. The molecule has 114 valence electrons. The summed E-state index contributed by atoms with van der Waals surface area (Å²) >= 11 is 0. The predicted molar refractivity (Wildman–Crippen MR) is 79.1 cm³/mol. The van der Waals surface area contributed by atoms with Crippen LogP contribution in [0.25, 0.3) is 0 Å². The highest BCUT2D eigenvalue weighted by molar-refractivity contribution is 6.05. The fraction of sp³-hybridized carbons (Fsp3) is 0.500. The van der Waals surface area contributed by atoms with E-state index in [0.29, 0.717) is 11.4 Å². The van der Waals surface area contributed by atoms with E-state index >= 15 is 0 Å². The standard InChI is InChI=1S/C16H21NO4/c1-20-13-9-7-12(8-10-13)17-15(18)14(16(19)21-2)11-5-3-4-6-11/h7-11,14H,3-6H2,1-2H3,(H,17,18). The van der Waals surface area contributed by atoms with Gasteiger partial charge in [-0.25, -0.2) is 0 Å². The highest BCUT2D eigenvalue weighted by Crippen LogP contribution is 2.33. The van der Waals surface area contributed by atoms with Gasteiger partial charge in [0, 0.05) is 5.69 Å². The Hall–Kier alpha value is -2.04. The molecule has 0 radical (unpaired) electrons. The molecule has 5 heteroatoms. The number of benzene rings is 1. The van der Waals surface area contributed by atoms with Crippen LogP contribution in [0.1, 0.15) is 25.7 Å². The lowest BCUT2D eigenvalue weighted by atomic mass is 9.90. The second-order valence-electron chi connectivity index (χ2n) is 5.26. The van der Waals surface area contributed by atoms with Crippen molar-refractivity contribution in [2.24, 2.45) is 11.8 Å². The first-order valence-corrected chi connectivity index (χ1v) is 7.18. The number of anilines is 1. The number of amides is 1. The molecule has 5 nitrogen and oxygen atoms in total. The molecule has 1 fully saturated rings. The number of hydrogen-bond donors (Lipinski definition) is 1. The second-order valence-corrected chi connectivity index (χ2v) is 5.26. The number of rotatable bonds is 5. The number of ether oxygens (including phenoxy) is 2. The molecule has 0 spiro atoms. The van der Waals surface area contributed by atoms with Gasteiger partial charge >= 0.3 is 5.97 Å². The lowest BCUT2D eigenvalue weighted by Crippen LogP contribution is -2.35. The van der Waals surface area contributed by atoms with Crippen LogP contribution in [-0.4, -0.2) is 26.1 Å². The van der Waals surface area contributed by atoms with Gasteiger partial charge in [0.15, 0.2) is 0 Å². The van der Waals surface area contributed by atoms with Gasteiger partial charge < -0.3 is 14.8 Å². The minimum Gasteiger partial charge on any atom is -0.497 e. The van der Waals surface area contributed by atoms with Crippen LogP contribution >= 0.6 is 0 Å². The molecule has 0 aromatic heterocycles. The first-order chi connectivity index (χ1) is 10.2. The third-order valence-corrected chi connectivity index (χ3v) is 3.97. The van der Waals surface area contributed by atoms with Gasteiger partial charge in [0.05, 0.1) is 14.2 Å². The lowest BCUT2D eigenvalue weighted by Gasteiger charge is -2.20. The van der Waals surface area contributed by atoms with Gasteiger partial charge in [-0.2, -0.15) is 0 Å². The Bertz CT molecular complexity index is 492. The Balaban J connectivity index is 2.08. The third-order valence-electron chi connectivity index (χ3n) is 3.97. The van der Waals surface area contributed by atoms with E-state index in [9.17, 15) is 9.59 Å². The zero-order valence-corrected chi connectivity index (χ0v) is 12.4. The summed E-state index contributed by atoms with van der Waals surface area (Å²) in [7, 11) is 2.91. The van der Waals surface area contributed by atoms with Gasteiger partial charge in [0.2, 0.25) is 5.91 Å². The zero-order chi connectivity index (χ0) is 15.2. The van der Waals surface area contributed by atoms with Gasteiger partial charge in [-0.15, -0.1) is 0 Å². The molecule has 1 aliphatic rings. The molecule has 21 heavy (non-hydrogen) atoms. The Labute approximate surface area is 124 Å². The average molecular weight is 291 g/mol. The van der Waals surface area contributed by atoms with Gasteiger partial charge in [0.1, 0.15) is 11.7 Å². The summed E-state index contributed by atoms with van der Waals surface area (Å²) in [5, 5.41) is 2.79. The summed E-state index contributed by atoms with van der Waals surface area (Å²) < 4.78 is 9.87. The summed E-state index contributed by atoms with van der Waals surface area (Å²) in [6, 6.07) is 7.02. The minimum absolute atomic E-state index is 0.0794. The molecule has 0 aliphatic heterocycles. The molecule has 1 unspecified atom stereocenters. The van der Waals surface area contributed by atoms with Crippen LogP contribution < -0.4 is 10.1 Å². The van der Waals surface area contributed by atoms with Crippen molar-refractivity contribution in [3.63, 3.8) is 0 Å². The highest BCUT2D eigenvalue weighted by Gasteiger charge is 2.37. The van der Waals surface area contributed by atoms with Crippen LogP contribution in [0.4, 0.5) is 5.69 Å². The molecular formula is C16H21NO4. The molecule has 0 bridgehead atoms. The SMILES string of the molecule is COC(=O)C(C(=O)Nc1ccc(OC)cc1)C1CCCC1. The van der Waals surface area contributed by atoms with Crippen LogP contribution in [0.2, 0.25) is 0 Å². The van der Waals surface area contributed by atoms with Crippen LogP contribution in [0.5, 0.6) is 5.75 Å². The highest BCUT2D eigenvalue weighted by atomic mass is 16.5. The molecule has 1 aromatic carbocycles. The number of methoxy groups -OCH3 is 2. The summed E-state index contributed by atoms with van der Waals surface area (Å²) in [5.41, 5.74) is 0.646. The summed E-state index contributed by atoms with van der Waals surface area (Å²) in [5.74, 6) is -0.671. The van der Waals surface area contributed by atoms with Crippen molar-refractivity contribution in [3.05, 3.63) is 24.3 Å². The van der Waals surface area contributed by atoms with Crippen molar-refractivity contribution < 1.29 is 19.1 Å². The fourth-order valence-corrected chi connectivity index (χ4v) is 2.83. The maximum absolute atomic E-state index is 12.4. The first-order valence-electron chi connectivity index (χ1n) is 7.18. The monoisotopic (exact) mass is 291 g/mol. The Kier molecular flexibility index (Phi) is 5.20. The van der Waals surface area contributed by atoms with E-state index in [1.165, 1.54) is 7.11 Å². The maximum atomic E-state index is 12.4. The molecular weight excluding hydrogens is 270 g/mol. The summed E-state index contributed by atoms with van der Waals surface area (Å²) in [6.07, 6.45) is 3.92. The third kappa shape index (κ3) is 3.74. The van der Waals surface area contributed by atoms with Crippen molar-refractivity contribution in [1.29, 1.82) is 0 Å². The number of esters is 1. The van der Waals surface area contributed by atoms with Crippen molar-refractivity contribution in [3.8, 4) is 5.75 Å². The molecule has 1 aliphatic carbocycles. The summed E-state index contributed by atoms with van der Waals surface area (Å²) in [4.78, 5) is 24.3. The number of nitrogens with one attached hydrogen (secondary N) is 1. The molecule has 1 saturated carbocycles. The van der Waals surface area contributed by atoms with Crippen molar-refractivity contribution in [2.75, 3.05) is 19.5 Å². The Morgan fingerprint density at radius 2 is 1.76 bits per heavy atom. The average Bonchev–Trinajstić information content (AvgIpc) is 3.02. The van der Waals surface area contributed by atoms with Gasteiger partial charge in [-0.3, -0.25) is 9.59 Å². The number of carbonyl (C=O) groups excluding carboxylic acids is 2. The molecule has 1 atom stereocenters. The minimum atomic E-state index is -0.723. The van der Waals surface area contributed by atoms with Crippen molar-refractivity contribution >= 4 is 17.6 Å². The summed E-state index contributed by atoms with van der Waals surface area (Å²) in [6.45, 7) is 0. The van der Waals surface area contributed by atoms with Crippen molar-refractivity contribution in [2.45, 2.75) is 25.7 Å². The van der Waals surface area contributed by atoms with Crippen molar-refractivity contribution in [1.82, 2.24) is 0 Å². The first kappa shape index (κ1) is 15.4. The van der Waals surface area contributed by atoms with Crippen LogP contribution in [-0.2, 0) is 14.3 Å². The Morgan fingerprint density at radius 1 is 1.14 bits per heavy atom. The van der Waals surface area contributed by atoms with E-state index in [0.717, 1.165) is 25.7 Å². The molecule has 1 N–H and O–H groups in total. The second kappa shape index (κ2) is 7.11. The van der Waals surface area contributed by atoms with E-state index in [2.05, 4.69) is 5.32 Å². The van der Waals surface area contributed by atoms with Crippen LogP contribution in [0.3, 0.4) is 0 Å². The molecule has 0 heterocycles. The van der Waals surface area contributed by atoms with E-state index in [1.54, 1.807) is 31.4 Å². The smallest absolute Gasteiger partial charge is 0.318 e. The quantitative estimate of drug-likeness (QED) is 0.669. The van der Waals surface area contributed by atoms with E-state index in [4.69, 9.17) is 9.47 Å². The molecule has 0 saturated heterocycles. The topological polar surface area (TPSA) is 64.6 Å². The van der Waals surface area contributed by atoms with Gasteiger partial charge in [0.25, 0.3) is 0 Å². The van der Waals surface area contributed by atoms with E-state index < -0.39 is 11.9 Å². The Morgan fingerprint density at radius 3 is 2.29 bits per heavy atom. The maximum Gasteiger partial charge on any atom is 0.318 e. The molecule has 1 aromatic rings. The molecule has 2 rings (SSSR count).